The minimum atomic E-state index is -0.246. The number of halogens is 1. The van der Waals surface area contributed by atoms with Gasteiger partial charge in [0.2, 0.25) is 0 Å². The summed E-state index contributed by atoms with van der Waals surface area (Å²) in [5, 5.41) is 3.42. The van der Waals surface area contributed by atoms with Gasteiger partial charge in [0.05, 0.1) is 7.11 Å². The Morgan fingerprint density at radius 3 is 3.00 bits per heavy atom. The molecule has 94 valence electrons. The molecule has 1 fully saturated rings. The SMILES string of the molecule is COc1cc(F)cc(N2CCCNC(C)C2)c1. The first-order valence-corrected chi connectivity index (χ1v) is 6.02. The number of ether oxygens (including phenoxy) is 1. The van der Waals surface area contributed by atoms with Gasteiger partial charge < -0.3 is 15.0 Å². The Morgan fingerprint density at radius 2 is 2.24 bits per heavy atom. The quantitative estimate of drug-likeness (QED) is 0.853. The largest absolute Gasteiger partial charge is 0.497 e. The van der Waals surface area contributed by atoms with E-state index in [2.05, 4.69) is 17.1 Å². The fourth-order valence-corrected chi connectivity index (χ4v) is 2.19. The van der Waals surface area contributed by atoms with Crippen molar-refractivity contribution in [2.75, 3.05) is 31.6 Å². The summed E-state index contributed by atoms with van der Waals surface area (Å²) in [7, 11) is 1.56. The molecule has 0 amide bonds. The third-order valence-electron chi connectivity index (χ3n) is 3.05. The van der Waals surface area contributed by atoms with Gasteiger partial charge in [0.1, 0.15) is 11.6 Å². The molecule has 0 aliphatic carbocycles. The summed E-state index contributed by atoms with van der Waals surface area (Å²) in [5.74, 6) is 0.328. The molecule has 0 aromatic heterocycles. The van der Waals surface area contributed by atoms with Crippen molar-refractivity contribution < 1.29 is 9.13 Å². The van der Waals surface area contributed by atoms with Crippen LogP contribution in [0.5, 0.6) is 5.75 Å². The molecule has 1 N–H and O–H groups in total. The van der Waals surface area contributed by atoms with E-state index in [1.54, 1.807) is 13.2 Å². The number of nitrogens with one attached hydrogen (secondary N) is 1. The van der Waals surface area contributed by atoms with Crippen molar-refractivity contribution in [3.05, 3.63) is 24.0 Å². The van der Waals surface area contributed by atoms with Gasteiger partial charge >= 0.3 is 0 Å². The fraction of sp³-hybridized carbons (Fsp3) is 0.538. The molecule has 1 unspecified atom stereocenters. The summed E-state index contributed by atoms with van der Waals surface area (Å²) < 4.78 is 18.5. The smallest absolute Gasteiger partial charge is 0.128 e. The zero-order valence-electron chi connectivity index (χ0n) is 10.4. The number of hydrogen-bond donors (Lipinski definition) is 1. The molecule has 4 heteroatoms. The van der Waals surface area contributed by atoms with E-state index in [0.29, 0.717) is 11.8 Å². The standard InChI is InChI=1S/C13H19FN2O/c1-10-9-16(5-3-4-15-10)12-6-11(14)7-13(8-12)17-2/h6-8,10,15H,3-5,9H2,1-2H3. The lowest BCUT2D eigenvalue weighted by atomic mass is 10.2. The molecule has 0 radical (unpaired) electrons. The summed E-state index contributed by atoms with van der Waals surface area (Å²) in [4.78, 5) is 2.20. The van der Waals surface area contributed by atoms with Crippen molar-refractivity contribution in [3.8, 4) is 5.75 Å². The van der Waals surface area contributed by atoms with Crippen molar-refractivity contribution >= 4 is 5.69 Å². The van der Waals surface area contributed by atoms with Gasteiger partial charge in [-0.1, -0.05) is 0 Å². The van der Waals surface area contributed by atoms with Crippen LogP contribution in [0.2, 0.25) is 0 Å². The fourth-order valence-electron chi connectivity index (χ4n) is 2.19. The predicted octanol–water partition coefficient (Wildman–Crippen LogP) is 2.02. The minimum Gasteiger partial charge on any atom is -0.497 e. The maximum absolute atomic E-state index is 13.4. The van der Waals surface area contributed by atoms with Gasteiger partial charge in [-0.2, -0.15) is 0 Å². The van der Waals surface area contributed by atoms with E-state index in [4.69, 9.17) is 4.74 Å². The molecule has 17 heavy (non-hydrogen) atoms. The summed E-state index contributed by atoms with van der Waals surface area (Å²) in [6.07, 6.45) is 1.07. The second-order valence-corrected chi connectivity index (χ2v) is 4.50. The summed E-state index contributed by atoms with van der Waals surface area (Å²) in [6.45, 7) is 5.01. The molecule has 1 saturated heterocycles. The van der Waals surface area contributed by atoms with Crippen LogP contribution in [0.25, 0.3) is 0 Å². The molecule has 1 heterocycles. The van der Waals surface area contributed by atoms with Gasteiger partial charge in [-0.15, -0.1) is 0 Å². The third kappa shape index (κ3) is 3.09. The van der Waals surface area contributed by atoms with E-state index in [9.17, 15) is 4.39 Å². The van der Waals surface area contributed by atoms with Crippen molar-refractivity contribution in [2.24, 2.45) is 0 Å². The van der Waals surface area contributed by atoms with Crippen LogP contribution in [-0.4, -0.2) is 32.8 Å². The van der Waals surface area contributed by atoms with Crippen molar-refractivity contribution in [1.82, 2.24) is 5.32 Å². The molecule has 3 nitrogen and oxygen atoms in total. The number of methoxy groups -OCH3 is 1. The Hall–Kier alpha value is -1.29. The third-order valence-corrected chi connectivity index (χ3v) is 3.05. The Labute approximate surface area is 102 Å². The summed E-state index contributed by atoms with van der Waals surface area (Å²) in [5.41, 5.74) is 0.900. The molecule has 1 aromatic rings. The van der Waals surface area contributed by atoms with Crippen LogP contribution in [-0.2, 0) is 0 Å². The lowest BCUT2D eigenvalue weighted by Crippen LogP contribution is -2.35. The minimum absolute atomic E-state index is 0.246. The van der Waals surface area contributed by atoms with Crippen LogP contribution >= 0.6 is 0 Å². The molecular formula is C13H19FN2O. The monoisotopic (exact) mass is 238 g/mol. The zero-order chi connectivity index (χ0) is 12.3. The average Bonchev–Trinajstić information content (AvgIpc) is 2.53. The average molecular weight is 238 g/mol. The highest BCUT2D eigenvalue weighted by atomic mass is 19.1. The van der Waals surface area contributed by atoms with Crippen LogP contribution in [0.3, 0.4) is 0 Å². The lowest BCUT2D eigenvalue weighted by Gasteiger charge is -2.25. The van der Waals surface area contributed by atoms with E-state index < -0.39 is 0 Å². The van der Waals surface area contributed by atoms with Crippen molar-refractivity contribution in [3.63, 3.8) is 0 Å². The molecule has 0 saturated carbocycles. The Kier molecular flexibility index (Phi) is 3.84. The molecule has 1 aromatic carbocycles. The molecule has 1 aliphatic rings. The molecule has 0 spiro atoms. The first-order valence-electron chi connectivity index (χ1n) is 6.02. The second-order valence-electron chi connectivity index (χ2n) is 4.50. The summed E-state index contributed by atoms with van der Waals surface area (Å²) >= 11 is 0. The van der Waals surface area contributed by atoms with Gasteiger partial charge in [-0.05, 0) is 26.0 Å². The van der Waals surface area contributed by atoms with Crippen LogP contribution < -0.4 is 15.0 Å². The number of rotatable bonds is 2. The highest BCUT2D eigenvalue weighted by molar-refractivity contribution is 5.51. The van der Waals surface area contributed by atoms with Gasteiger partial charge in [0.15, 0.2) is 0 Å². The zero-order valence-corrected chi connectivity index (χ0v) is 10.4. The van der Waals surface area contributed by atoms with Crippen LogP contribution in [0.15, 0.2) is 18.2 Å². The first kappa shape index (κ1) is 12.2. The van der Waals surface area contributed by atoms with Crippen LogP contribution in [0, 0.1) is 5.82 Å². The predicted molar refractivity (Wildman–Crippen MR) is 67.2 cm³/mol. The van der Waals surface area contributed by atoms with E-state index in [0.717, 1.165) is 31.7 Å². The maximum atomic E-state index is 13.4. The van der Waals surface area contributed by atoms with E-state index >= 15 is 0 Å². The molecular weight excluding hydrogens is 219 g/mol. The Morgan fingerprint density at radius 1 is 1.41 bits per heavy atom. The second kappa shape index (κ2) is 5.36. The molecule has 0 bridgehead atoms. The molecule has 2 rings (SSSR count). The molecule has 1 aliphatic heterocycles. The van der Waals surface area contributed by atoms with E-state index in [1.165, 1.54) is 6.07 Å². The number of hydrogen-bond acceptors (Lipinski definition) is 3. The number of anilines is 1. The van der Waals surface area contributed by atoms with E-state index in [1.807, 2.05) is 6.07 Å². The lowest BCUT2D eigenvalue weighted by molar-refractivity contribution is 0.411. The van der Waals surface area contributed by atoms with Crippen molar-refractivity contribution in [1.29, 1.82) is 0 Å². The van der Waals surface area contributed by atoms with Crippen LogP contribution in [0.4, 0.5) is 10.1 Å². The highest BCUT2D eigenvalue weighted by Crippen LogP contribution is 2.24. The maximum Gasteiger partial charge on any atom is 0.128 e. The number of nitrogens with zero attached hydrogens (tertiary/aromatic N) is 1. The Bertz CT molecular complexity index is 384. The van der Waals surface area contributed by atoms with Gasteiger partial charge in [0, 0.05) is 37.0 Å². The Balaban J connectivity index is 2.22. The normalized spacial score (nSPS) is 21.1. The van der Waals surface area contributed by atoms with E-state index in [-0.39, 0.29) is 5.82 Å². The van der Waals surface area contributed by atoms with Gasteiger partial charge in [-0.3, -0.25) is 0 Å². The van der Waals surface area contributed by atoms with Crippen molar-refractivity contribution in [2.45, 2.75) is 19.4 Å². The molecule has 1 atom stereocenters. The first-order chi connectivity index (χ1) is 8.19. The van der Waals surface area contributed by atoms with Gasteiger partial charge in [0.25, 0.3) is 0 Å². The topological polar surface area (TPSA) is 24.5 Å². The summed E-state index contributed by atoms with van der Waals surface area (Å²) in [6, 6.07) is 5.29. The number of benzene rings is 1. The van der Waals surface area contributed by atoms with Crippen LogP contribution in [0.1, 0.15) is 13.3 Å². The highest BCUT2D eigenvalue weighted by Gasteiger charge is 2.15. The van der Waals surface area contributed by atoms with Gasteiger partial charge in [-0.25, -0.2) is 4.39 Å².